The zero-order valence-electron chi connectivity index (χ0n) is 23.3. The van der Waals surface area contributed by atoms with Crippen LogP contribution in [0.25, 0.3) is 21.8 Å². The second-order valence-electron chi connectivity index (χ2n) is 10.6. The molecule has 0 radical (unpaired) electrons. The standard InChI is InChI=1S/C35H28Br2N4O/c1-21-5-3-7-33(40-21)29(17-23-13-15-38-31-11-9-25(36)19-27(23)31)35(42)30(34-8-4-6-22(2)41-34)18-24-14-16-39-32-12-10-26(37)20-28(24)32/h3-16,19-20,29-30H,17-18H2,1-2H3. The summed E-state index contributed by atoms with van der Waals surface area (Å²) in [5.41, 5.74) is 7.18. The highest BCUT2D eigenvalue weighted by Crippen LogP contribution is 2.34. The monoisotopic (exact) mass is 678 g/mol. The number of Topliss-reactive ketones (excluding diaryl/α,β-unsaturated/α-hetero) is 1. The zero-order chi connectivity index (χ0) is 29.2. The average molecular weight is 680 g/mol. The lowest BCUT2D eigenvalue weighted by atomic mass is 9.80. The molecule has 0 aliphatic carbocycles. The number of pyridine rings is 4. The van der Waals surface area contributed by atoms with E-state index in [2.05, 4.69) is 54.0 Å². The molecule has 0 bridgehead atoms. The Bertz CT molecular complexity index is 1800. The Labute approximate surface area is 261 Å². The number of benzene rings is 2. The fourth-order valence-electron chi connectivity index (χ4n) is 5.61. The summed E-state index contributed by atoms with van der Waals surface area (Å²) in [6.45, 7) is 3.93. The summed E-state index contributed by atoms with van der Waals surface area (Å²) >= 11 is 7.23. The molecule has 0 aliphatic heterocycles. The molecule has 0 N–H and O–H groups in total. The third-order valence-corrected chi connectivity index (χ3v) is 8.64. The minimum absolute atomic E-state index is 0.0890. The van der Waals surface area contributed by atoms with E-state index >= 15 is 0 Å². The third-order valence-electron chi connectivity index (χ3n) is 7.66. The molecular formula is C35H28Br2N4O. The number of carbonyl (C=O) groups excluding carboxylic acids is 1. The maximum Gasteiger partial charge on any atom is 0.151 e. The first-order valence-electron chi connectivity index (χ1n) is 13.8. The van der Waals surface area contributed by atoms with Crippen molar-refractivity contribution in [2.45, 2.75) is 38.5 Å². The van der Waals surface area contributed by atoms with Crippen LogP contribution in [0.15, 0.2) is 106 Å². The van der Waals surface area contributed by atoms with Gasteiger partial charge in [-0.25, -0.2) is 0 Å². The first-order chi connectivity index (χ1) is 20.4. The molecule has 208 valence electrons. The van der Waals surface area contributed by atoms with E-state index in [0.29, 0.717) is 12.8 Å². The van der Waals surface area contributed by atoms with Crippen LogP contribution in [-0.4, -0.2) is 25.7 Å². The highest BCUT2D eigenvalue weighted by molar-refractivity contribution is 9.10. The Hall–Kier alpha value is -3.81. The van der Waals surface area contributed by atoms with Crippen LogP contribution in [0.3, 0.4) is 0 Å². The van der Waals surface area contributed by atoms with Gasteiger partial charge in [-0.3, -0.25) is 24.7 Å². The van der Waals surface area contributed by atoms with E-state index in [1.165, 1.54) is 0 Å². The lowest BCUT2D eigenvalue weighted by Crippen LogP contribution is -2.26. The fraction of sp³-hybridized carbons (Fsp3) is 0.171. The Morgan fingerprint density at radius 1 is 0.643 bits per heavy atom. The highest BCUT2D eigenvalue weighted by atomic mass is 79.9. The van der Waals surface area contributed by atoms with Gasteiger partial charge in [-0.15, -0.1) is 0 Å². The summed E-state index contributed by atoms with van der Waals surface area (Å²) in [5.74, 6) is -0.880. The summed E-state index contributed by atoms with van der Waals surface area (Å²) in [5, 5.41) is 2.04. The van der Waals surface area contributed by atoms with Gasteiger partial charge in [-0.2, -0.15) is 0 Å². The Balaban J connectivity index is 1.49. The zero-order valence-corrected chi connectivity index (χ0v) is 26.4. The van der Waals surface area contributed by atoms with Crippen molar-refractivity contribution in [2.24, 2.45) is 0 Å². The van der Waals surface area contributed by atoms with Gasteiger partial charge in [-0.05, 0) is 111 Å². The van der Waals surface area contributed by atoms with Crippen LogP contribution in [0.1, 0.15) is 45.7 Å². The van der Waals surface area contributed by atoms with Gasteiger partial charge in [0.2, 0.25) is 0 Å². The van der Waals surface area contributed by atoms with Crippen molar-refractivity contribution in [2.75, 3.05) is 0 Å². The maximum absolute atomic E-state index is 15.0. The number of aromatic nitrogens is 4. The number of fused-ring (bicyclic) bond motifs is 2. The van der Waals surface area contributed by atoms with Gasteiger partial charge < -0.3 is 0 Å². The molecule has 0 spiro atoms. The normalized spacial score (nSPS) is 12.9. The van der Waals surface area contributed by atoms with Crippen LogP contribution < -0.4 is 0 Å². The lowest BCUT2D eigenvalue weighted by Gasteiger charge is -2.24. The van der Waals surface area contributed by atoms with Crippen LogP contribution >= 0.6 is 31.9 Å². The number of ketones is 1. The molecule has 42 heavy (non-hydrogen) atoms. The molecule has 0 amide bonds. The topological polar surface area (TPSA) is 68.6 Å². The van der Waals surface area contributed by atoms with Crippen molar-refractivity contribution in [3.63, 3.8) is 0 Å². The van der Waals surface area contributed by atoms with Gasteiger partial charge >= 0.3 is 0 Å². The average Bonchev–Trinajstić information content (AvgIpc) is 2.98. The summed E-state index contributed by atoms with van der Waals surface area (Å²) in [6.07, 6.45) is 4.63. The molecule has 0 fully saturated rings. The molecule has 2 atom stereocenters. The molecule has 6 aromatic rings. The number of hydrogen-bond acceptors (Lipinski definition) is 5. The Kier molecular flexibility index (Phi) is 8.22. The van der Waals surface area contributed by atoms with Crippen LogP contribution in [0.2, 0.25) is 0 Å². The largest absolute Gasteiger partial charge is 0.298 e. The second-order valence-corrected chi connectivity index (χ2v) is 12.4. The predicted octanol–water partition coefficient (Wildman–Crippen LogP) is 8.64. The van der Waals surface area contributed by atoms with Crippen molar-refractivity contribution < 1.29 is 4.79 Å². The van der Waals surface area contributed by atoms with E-state index in [4.69, 9.17) is 9.97 Å². The van der Waals surface area contributed by atoms with E-state index in [1.807, 2.05) is 99.0 Å². The molecule has 5 nitrogen and oxygen atoms in total. The summed E-state index contributed by atoms with van der Waals surface area (Å²) < 4.78 is 1.94. The minimum Gasteiger partial charge on any atom is -0.298 e. The molecule has 0 saturated carbocycles. The van der Waals surface area contributed by atoms with Gasteiger partial charge in [0.05, 0.1) is 34.3 Å². The lowest BCUT2D eigenvalue weighted by molar-refractivity contribution is -0.122. The molecule has 4 aromatic heterocycles. The molecule has 6 rings (SSSR count). The van der Waals surface area contributed by atoms with Crippen LogP contribution in [-0.2, 0) is 17.6 Å². The van der Waals surface area contributed by atoms with Crippen molar-refractivity contribution in [1.82, 2.24) is 19.9 Å². The summed E-state index contributed by atoms with van der Waals surface area (Å²) in [6, 6.07) is 28.0. The number of hydrogen-bond donors (Lipinski definition) is 0. The van der Waals surface area contributed by atoms with Crippen LogP contribution in [0.5, 0.6) is 0 Å². The predicted molar refractivity (Wildman–Crippen MR) is 175 cm³/mol. The maximum atomic E-state index is 15.0. The second kappa shape index (κ2) is 12.2. The molecule has 2 unspecified atom stereocenters. The molecule has 4 heterocycles. The minimum atomic E-state index is -0.485. The first kappa shape index (κ1) is 28.3. The molecule has 2 aromatic carbocycles. The van der Waals surface area contributed by atoms with Gasteiger partial charge in [-0.1, -0.05) is 44.0 Å². The number of halogens is 2. The number of rotatable bonds is 8. The molecule has 0 saturated heterocycles. The number of carbonyl (C=O) groups is 1. The summed E-state index contributed by atoms with van der Waals surface area (Å²) in [7, 11) is 0. The SMILES string of the molecule is Cc1cccc(C(Cc2ccnc3ccc(Br)cc23)C(=O)C(Cc2ccnc3ccc(Br)cc23)c2cccc(C)n2)n1. The van der Waals surface area contributed by atoms with Crippen molar-refractivity contribution >= 4 is 59.4 Å². The van der Waals surface area contributed by atoms with E-state index in [1.54, 1.807) is 0 Å². The summed E-state index contributed by atoms with van der Waals surface area (Å²) in [4.78, 5) is 33.8. The van der Waals surface area contributed by atoms with Gasteiger partial charge in [0.1, 0.15) is 0 Å². The van der Waals surface area contributed by atoms with E-state index in [0.717, 1.165) is 64.7 Å². The molecular weight excluding hydrogens is 652 g/mol. The Morgan fingerprint density at radius 3 is 1.52 bits per heavy atom. The van der Waals surface area contributed by atoms with E-state index in [-0.39, 0.29) is 5.78 Å². The smallest absolute Gasteiger partial charge is 0.151 e. The van der Waals surface area contributed by atoms with Crippen molar-refractivity contribution in [1.29, 1.82) is 0 Å². The van der Waals surface area contributed by atoms with Gasteiger partial charge in [0.25, 0.3) is 0 Å². The van der Waals surface area contributed by atoms with Crippen LogP contribution in [0.4, 0.5) is 0 Å². The van der Waals surface area contributed by atoms with Gasteiger partial charge in [0.15, 0.2) is 5.78 Å². The third kappa shape index (κ3) is 6.03. The first-order valence-corrected chi connectivity index (χ1v) is 15.4. The number of nitrogens with zero attached hydrogens (tertiary/aromatic N) is 4. The van der Waals surface area contributed by atoms with Crippen molar-refractivity contribution in [3.05, 3.63) is 140 Å². The highest BCUT2D eigenvalue weighted by Gasteiger charge is 2.32. The molecule has 0 aliphatic rings. The fourth-order valence-corrected chi connectivity index (χ4v) is 6.33. The van der Waals surface area contributed by atoms with Crippen LogP contribution in [0, 0.1) is 13.8 Å². The van der Waals surface area contributed by atoms with E-state index in [9.17, 15) is 4.79 Å². The van der Waals surface area contributed by atoms with E-state index < -0.39 is 11.8 Å². The quantitative estimate of drug-likeness (QED) is 0.161. The number of aryl methyl sites for hydroxylation is 2. The molecule has 7 heteroatoms. The van der Waals surface area contributed by atoms with Crippen molar-refractivity contribution in [3.8, 4) is 0 Å². The van der Waals surface area contributed by atoms with Gasteiger partial charge in [0, 0.05) is 43.5 Å². The Morgan fingerprint density at radius 2 is 1.10 bits per heavy atom.